The van der Waals surface area contributed by atoms with Gasteiger partial charge < -0.3 is 10.3 Å². The van der Waals surface area contributed by atoms with Crippen molar-refractivity contribution < 1.29 is 4.79 Å². The maximum Gasteiger partial charge on any atom is 0.257 e. The van der Waals surface area contributed by atoms with Crippen LogP contribution in [0.25, 0.3) is 11.1 Å². The number of aromatic nitrogens is 2. The molecule has 114 valence electrons. The predicted molar refractivity (Wildman–Crippen MR) is 89.4 cm³/mol. The van der Waals surface area contributed by atoms with Crippen molar-refractivity contribution in [2.45, 2.75) is 6.92 Å². The summed E-state index contributed by atoms with van der Waals surface area (Å²) in [7, 11) is 0. The lowest BCUT2D eigenvalue weighted by Crippen LogP contribution is -2.15. The molecule has 0 aliphatic rings. The summed E-state index contributed by atoms with van der Waals surface area (Å²) < 4.78 is 0. The Labute approximate surface area is 133 Å². The zero-order valence-corrected chi connectivity index (χ0v) is 12.5. The molecule has 0 saturated heterocycles. The molecule has 2 aromatic heterocycles. The van der Waals surface area contributed by atoms with Gasteiger partial charge >= 0.3 is 0 Å². The van der Waals surface area contributed by atoms with Crippen LogP contribution in [0.4, 0.5) is 5.69 Å². The Kier molecular flexibility index (Phi) is 4.01. The van der Waals surface area contributed by atoms with Gasteiger partial charge in [-0.15, -0.1) is 0 Å². The third-order valence-corrected chi connectivity index (χ3v) is 3.49. The first-order valence-electron chi connectivity index (χ1n) is 7.15. The standard InChI is InChI=1S/C18H15N3O2/c1-12-16(21-18(23)14-7-8-17(22)20-10-14)9-15(11-19-12)13-5-3-2-4-6-13/h2-11H,1H3,(H,20,22)(H,21,23). The van der Waals surface area contributed by atoms with Crippen LogP contribution >= 0.6 is 0 Å². The maximum atomic E-state index is 12.3. The molecular weight excluding hydrogens is 290 g/mol. The second-order valence-corrected chi connectivity index (χ2v) is 5.12. The lowest BCUT2D eigenvalue weighted by atomic mass is 10.1. The molecule has 5 heteroatoms. The van der Waals surface area contributed by atoms with Gasteiger partial charge in [-0.3, -0.25) is 14.6 Å². The maximum absolute atomic E-state index is 12.3. The first-order valence-corrected chi connectivity index (χ1v) is 7.15. The highest BCUT2D eigenvalue weighted by atomic mass is 16.1. The van der Waals surface area contributed by atoms with E-state index in [1.807, 2.05) is 43.3 Å². The topological polar surface area (TPSA) is 74.8 Å². The Balaban J connectivity index is 1.89. The highest BCUT2D eigenvalue weighted by molar-refractivity contribution is 6.04. The molecule has 2 N–H and O–H groups in total. The zero-order chi connectivity index (χ0) is 16.2. The van der Waals surface area contributed by atoms with Gasteiger partial charge in [-0.1, -0.05) is 30.3 Å². The fourth-order valence-electron chi connectivity index (χ4n) is 2.19. The van der Waals surface area contributed by atoms with Gasteiger partial charge in [-0.2, -0.15) is 0 Å². The highest BCUT2D eigenvalue weighted by Crippen LogP contribution is 2.23. The van der Waals surface area contributed by atoms with E-state index in [0.29, 0.717) is 11.3 Å². The molecule has 23 heavy (non-hydrogen) atoms. The summed E-state index contributed by atoms with van der Waals surface area (Å²) in [5, 5.41) is 2.83. The average Bonchev–Trinajstić information content (AvgIpc) is 2.58. The number of H-pyrrole nitrogens is 1. The Hall–Kier alpha value is -3.21. The molecule has 1 amide bonds. The molecule has 0 fully saturated rings. The van der Waals surface area contributed by atoms with E-state index in [9.17, 15) is 9.59 Å². The zero-order valence-electron chi connectivity index (χ0n) is 12.5. The lowest BCUT2D eigenvalue weighted by molar-refractivity contribution is 0.102. The van der Waals surface area contributed by atoms with Crippen molar-refractivity contribution in [1.82, 2.24) is 9.97 Å². The number of hydrogen-bond donors (Lipinski definition) is 2. The van der Waals surface area contributed by atoms with Crippen LogP contribution in [0.2, 0.25) is 0 Å². The number of amides is 1. The third kappa shape index (κ3) is 3.35. The summed E-state index contributed by atoms with van der Waals surface area (Å²) >= 11 is 0. The number of rotatable bonds is 3. The number of aryl methyl sites for hydroxylation is 1. The van der Waals surface area contributed by atoms with E-state index in [4.69, 9.17) is 0 Å². The Bertz CT molecular complexity index is 881. The third-order valence-electron chi connectivity index (χ3n) is 3.49. The lowest BCUT2D eigenvalue weighted by Gasteiger charge is -2.10. The second-order valence-electron chi connectivity index (χ2n) is 5.12. The van der Waals surface area contributed by atoms with Crippen molar-refractivity contribution in [2.75, 3.05) is 5.32 Å². The normalized spacial score (nSPS) is 10.3. The van der Waals surface area contributed by atoms with Gasteiger partial charge in [0.1, 0.15) is 0 Å². The van der Waals surface area contributed by atoms with Crippen LogP contribution in [0.1, 0.15) is 16.1 Å². The number of nitrogens with one attached hydrogen (secondary N) is 2. The van der Waals surface area contributed by atoms with E-state index >= 15 is 0 Å². The molecule has 2 heterocycles. The van der Waals surface area contributed by atoms with Crippen LogP contribution in [-0.4, -0.2) is 15.9 Å². The number of benzene rings is 1. The molecule has 0 spiro atoms. The molecular formula is C18H15N3O2. The van der Waals surface area contributed by atoms with E-state index < -0.39 is 0 Å². The number of aromatic amines is 1. The number of pyridine rings is 2. The van der Waals surface area contributed by atoms with E-state index in [0.717, 1.165) is 16.8 Å². The quantitative estimate of drug-likeness (QED) is 0.781. The Morgan fingerprint density at radius 3 is 2.57 bits per heavy atom. The molecule has 3 rings (SSSR count). The van der Waals surface area contributed by atoms with Gasteiger partial charge in [0.05, 0.1) is 16.9 Å². The van der Waals surface area contributed by atoms with Crippen molar-refractivity contribution in [3.8, 4) is 11.1 Å². The number of hydrogen-bond acceptors (Lipinski definition) is 3. The first-order chi connectivity index (χ1) is 11.1. The van der Waals surface area contributed by atoms with Crippen LogP contribution in [-0.2, 0) is 0 Å². The average molecular weight is 305 g/mol. The summed E-state index contributed by atoms with van der Waals surface area (Å²) in [4.78, 5) is 30.2. The van der Waals surface area contributed by atoms with Crippen LogP contribution < -0.4 is 10.9 Å². The molecule has 0 aliphatic heterocycles. The fourth-order valence-corrected chi connectivity index (χ4v) is 2.19. The van der Waals surface area contributed by atoms with Crippen molar-refractivity contribution in [3.63, 3.8) is 0 Å². The smallest absolute Gasteiger partial charge is 0.257 e. The number of anilines is 1. The molecule has 0 aliphatic carbocycles. The largest absolute Gasteiger partial charge is 0.328 e. The number of nitrogens with zero attached hydrogens (tertiary/aromatic N) is 1. The van der Waals surface area contributed by atoms with Crippen LogP contribution in [0, 0.1) is 6.92 Å². The van der Waals surface area contributed by atoms with Gasteiger partial charge in [0.2, 0.25) is 5.56 Å². The predicted octanol–water partition coefficient (Wildman–Crippen LogP) is 3.00. The van der Waals surface area contributed by atoms with Gasteiger partial charge in [0.25, 0.3) is 5.91 Å². The first kappa shape index (κ1) is 14.7. The van der Waals surface area contributed by atoms with E-state index in [1.165, 1.54) is 18.3 Å². The minimum Gasteiger partial charge on any atom is -0.328 e. The minimum absolute atomic E-state index is 0.245. The van der Waals surface area contributed by atoms with Crippen LogP contribution in [0.15, 0.2) is 65.7 Å². The Morgan fingerprint density at radius 1 is 1.09 bits per heavy atom. The minimum atomic E-state index is -0.295. The summed E-state index contributed by atoms with van der Waals surface area (Å²) in [5.41, 5.74) is 3.46. The molecule has 0 unspecified atom stereocenters. The summed E-state index contributed by atoms with van der Waals surface area (Å²) in [6.07, 6.45) is 3.17. The molecule has 3 aromatic rings. The van der Waals surface area contributed by atoms with Crippen molar-refractivity contribution in [3.05, 3.63) is 82.5 Å². The van der Waals surface area contributed by atoms with Gasteiger partial charge in [-0.05, 0) is 24.6 Å². The molecule has 0 bridgehead atoms. The molecule has 1 aromatic carbocycles. The van der Waals surface area contributed by atoms with E-state index in [-0.39, 0.29) is 11.5 Å². The molecule has 5 nitrogen and oxygen atoms in total. The summed E-state index contributed by atoms with van der Waals surface area (Å²) in [6.45, 7) is 1.83. The number of carbonyl (C=O) groups excluding carboxylic acids is 1. The van der Waals surface area contributed by atoms with Gasteiger partial charge in [0.15, 0.2) is 0 Å². The molecule has 0 saturated carbocycles. The SMILES string of the molecule is Cc1ncc(-c2ccccc2)cc1NC(=O)c1ccc(=O)[nH]c1. The van der Waals surface area contributed by atoms with Crippen molar-refractivity contribution in [1.29, 1.82) is 0 Å². The monoisotopic (exact) mass is 305 g/mol. The van der Waals surface area contributed by atoms with E-state index in [2.05, 4.69) is 15.3 Å². The number of carbonyl (C=O) groups is 1. The van der Waals surface area contributed by atoms with Crippen molar-refractivity contribution in [2.24, 2.45) is 0 Å². The fraction of sp³-hybridized carbons (Fsp3) is 0.0556. The van der Waals surface area contributed by atoms with Crippen LogP contribution in [0.5, 0.6) is 0 Å². The second kappa shape index (κ2) is 6.27. The van der Waals surface area contributed by atoms with Gasteiger partial charge in [-0.25, -0.2) is 0 Å². The molecule has 0 atom stereocenters. The van der Waals surface area contributed by atoms with E-state index in [1.54, 1.807) is 6.20 Å². The van der Waals surface area contributed by atoms with Crippen molar-refractivity contribution >= 4 is 11.6 Å². The Morgan fingerprint density at radius 2 is 1.87 bits per heavy atom. The summed E-state index contributed by atoms with van der Waals surface area (Å²) in [5.74, 6) is -0.295. The summed E-state index contributed by atoms with van der Waals surface area (Å²) in [6, 6.07) is 14.5. The van der Waals surface area contributed by atoms with Gasteiger partial charge in [0, 0.05) is 24.0 Å². The molecule has 0 radical (unpaired) electrons. The highest BCUT2D eigenvalue weighted by Gasteiger charge is 2.10. The van der Waals surface area contributed by atoms with Crippen LogP contribution in [0.3, 0.4) is 0 Å².